The molecule has 1 aromatic rings. The molecule has 1 fully saturated rings. The molecular formula is C13H17ClN2O. The van der Waals surface area contributed by atoms with Gasteiger partial charge in [-0.05, 0) is 24.5 Å². The second-order valence-electron chi connectivity index (χ2n) is 4.45. The number of anilines is 1. The topological polar surface area (TPSA) is 46.3 Å². The second-order valence-corrected chi connectivity index (χ2v) is 4.82. The minimum absolute atomic E-state index is 0.223. The number of amides is 1. The minimum atomic E-state index is 0.223. The highest BCUT2D eigenvalue weighted by atomic mass is 35.5. The smallest absolute Gasteiger partial charge is 0.222 e. The van der Waals surface area contributed by atoms with Crippen LogP contribution < -0.4 is 5.73 Å². The van der Waals surface area contributed by atoms with E-state index in [9.17, 15) is 4.79 Å². The molecule has 1 aliphatic heterocycles. The molecule has 0 saturated carbocycles. The molecule has 1 aromatic carbocycles. The zero-order valence-corrected chi connectivity index (χ0v) is 10.5. The van der Waals surface area contributed by atoms with Crippen molar-refractivity contribution in [3.63, 3.8) is 0 Å². The monoisotopic (exact) mass is 252 g/mol. The van der Waals surface area contributed by atoms with Crippen molar-refractivity contribution in [1.82, 2.24) is 4.90 Å². The van der Waals surface area contributed by atoms with Gasteiger partial charge in [-0.25, -0.2) is 0 Å². The Morgan fingerprint density at radius 3 is 2.94 bits per heavy atom. The van der Waals surface area contributed by atoms with Crippen LogP contribution in [0, 0.1) is 0 Å². The Bertz CT molecular complexity index is 420. The number of nitrogens with two attached hydrogens (primary N) is 1. The number of carbonyl (C=O) groups excluding carboxylic acids is 1. The van der Waals surface area contributed by atoms with E-state index in [1.807, 2.05) is 17.0 Å². The number of nitrogens with zero attached hydrogens (tertiary/aromatic N) is 1. The summed E-state index contributed by atoms with van der Waals surface area (Å²) in [5.74, 6) is 0.223. The Kier molecular flexibility index (Phi) is 3.89. The van der Waals surface area contributed by atoms with Crippen LogP contribution in [0.3, 0.4) is 0 Å². The lowest BCUT2D eigenvalue weighted by Crippen LogP contribution is -2.29. The van der Waals surface area contributed by atoms with Gasteiger partial charge >= 0.3 is 0 Å². The van der Waals surface area contributed by atoms with Gasteiger partial charge in [-0.1, -0.05) is 30.2 Å². The number of likely N-dealkylation sites (tertiary alicyclic amines) is 1. The fourth-order valence-corrected chi connectivity index (χ4v) is 2.32. The van der Waals surface area contributed by atoms with Crippen LogP contribution in [0.1, 0.15) is 31.2 Å². The average molecular weight is 253 g/mol. The lowest BCUT2D eigenvalue weighted by atomic mass is 10.2. The molecule has 4 heteroatoms. The van der Waals surface area contributed by atoms with Crippen LogP contribution in [-0.2, 0) is 11.3 Å². The summed E-state index contributed by atoms with van der Waals surface area (Å²) in [6.45, 7) is 1.40. The van der Waals surface area contributed by atoms with Crippen molar-refractivity contribution in [2.45, 2.75) is 32.2 Å². The van der Waals surface area contributed by atoms with Gasteiger partial charge in [-0.2, -0.15) is 0 Å². The number of hydrogen-bond donors (Lipinski definition) is 1. The van der Waals surface area contributed by atoms with Crippen molar-refractivity contribution in [1.29, 1.82) is 0 Å². The van der Waals surface area contributed by atoms with Crippen molar-refractivity contribution >= 4 is 23.2 Å². The van der Waals surface area contributed by atoms with E-state index in [0.29, 0.717) is 23.7 Å². The Balaban J connectivity index is 2.13. The first kappa shape index (κ1) is 12.2. The van der Waals surface area contributed by atoms with Gasteiger partial charge in [0.2, 0.25) is 5.91 Å². The summed E-state index contributed by atoms with van der Waals surface area (Å²) in [4.78, 5) is 13.7. The maximum Gasteiger partial charge on any atom is 0.222 e. The van der Waals surface area contributed by atoms with Crippen LogP contribution >= 0.6 is 11.6 Å². The molecule has 0 spiro atoms. The summed E-state index contributed by atoms with van der Waals surface area (Å²) in [5.41, 5.74) is 7.26. The van der Waals surface area contributed by atoms with Gasteiger partial charge in [-0.15, -0.1) is 0 Å². The summed E-state index contributed by atoms with van der Waals surface area (Å²) >= 11 is 6.14. The van der Waals surface area contributed by atoms with Gasteiger partial charge < -0.3 is 10.6 Å². The van der Waals surface area contributed by atoms with Gasteiger partial charge in [-0.3, -0.25) is 4.79 Å². The molecule has 0 radical (unpaired) electrons. The lowest BCUT2D eigenvalue weighted by molar-refractivity contribution is -0.131. The van der Waals surface area contributed by atoms with Gasteiger partial charge in [0, 0.05) is 19.5 Å². The first-order valence-electron chi connectivity index (χ1n) is 5.99. The van der Waals surface area contributed by atoms with Gasteiger partial charge in [0.1, 0.15) is 0 Å². The van der Waals surface area contributed by atoms with Crippen molar-refractivity contribution in [3.8, 4) is 0 Å². The first-order chi connectivity index (χ1) is 8.18. The van der Waals surface area contributed by atoms with Crippen LogP contribution in [0.2, 0.25) is 5.02 Å². The molecule has 2 N–H and O–H groups in total. The molecule has 0 aromatic heterocycles. The van der Waals surface area contributed by atoms with Crippen molar-refractivity contribution in [3.05, 3.63) is 28.8 Å². The molecule has 0 atom stereocenters. The summed E-state index contributed by atoms with van der Waals surface area (Å²) in [6, 6.07) is 5.58. The molecule has 0 unspecified atom stereocenters. The van der Waals surface area contributed by atoms with Crippen LogP contribution in [0.5, 0.6) is 0 Å². The Morgan fingerprint density at radius 1 is 1.29 bits per heavy atom. The molecule has 2 rings (SSSR count). The largest absolute Gasteiger partial charge is 0.398 e. The zero-order valence-electron chi connectivity index (χ0n) is 9.79. The highest BCUT2D eigenvalue weighted by molar-refractivity contribution is 6.33. The number of halogens is 1. The van der Waals surface area contributed by atoms with Crippen molar-refractivity contribution < 1.29 is 4.79 Å². The maximum absolute atomic E-state index is 11.9. The number of benzene rings is 1. The minimum Gasteiger partial charge on any atom is -0.398 e. The molecule has 17 heavy (non-hydrogen) atoms. The molecule has 92 valence electrons. The van der Waals surface area contributed by atoms with E-state index in [0.717, 1.165) is 31.4 Å². The molecule has 3 nitrogen and oxygen atoms in total. The molecular weight excluding hydrogens is 236 g/mol. The summed E-state index contributed by atoms with van der Waals surface area (Å²) < 4.78 is 0. The number of hydrogen-bond acceptors (Lipinski definition) is 2. The van der Waals surface area contributed by atoms with Gasteiger partial charge in [0.15, 0.2) is 0 Å². The third-order valence-corrected chi connectivity index (χ3v) is 3.60. The van der Waals surface area contributed by atoms with E-state index < -0.39 is 0 Å². The molecule has 0 aliphatic carbocycles. The molecule has 1 heterocycles. The number of nitrogen functional groups attached to an aromatic ring is 1. The van der Waals surface area contributed by atoms with E-state index >= 15 is 0 Å². The predicted octanol–water partition coefficient (Wildman–Crippen LogP) is 2.82. The standard InChI is InChI=1S/C13H17ClN2O/c14-13-10(5-4-6-11(13)15)9-16-8-3-1-2-7-12(16)17/h4-6H,1-3,7-9,15H2. The lowest BCUT2D eigenvalue weighted by Gasteiger charge is -2.21. The van der Waals surface area contributed by atoms with Crippen LogP contribution in [0.4, 0.5) is 5.69 Å². The Labute approximate surface area is 107 Å². The molecule has 1 saturated heterocycles. The maximum atomic E-state index is 11.9. The predicted molar refractivity (Wildman–Crippen MR) is 69.7 cm³/mol. The third-order valence-electron chi connectivity index (χ3n) is 3.14. The molecule has 0 bridgehead atoms. The SMILES string of the molecule is Nc1cccc(CN2CCCCCC2=O)c1Cl. The van der Waals surface area contributed by atoms with Crippen molar-refractivity contribution in [2.24, 2.45) is 0 Å². The zero-order chi connectivity index (χ0) is 12.3. The molecule has 1 aliphatic rings. The van der Waals surface area contributed by atoms with Crippen LogP contribution in [0.15, 0.2) is 18.2 Å². The van der Waals surface area contributed by atoms with Crippen molar-refractivity contribution in [2.75, 3.05) is 12.3 Å². The van der Waals surface area contributed by atoms with Gasteiger partial charge in [0.05, 0.1) is 10.7 Å². The van der Waals surface area contributed by atoms with E-state index in [1.54, 1.807) is 6.07 Å². The highest BCUT2D eigenvalue weighted by Crippen LogP contribution is 2.25. The summed E-state index contributed by atoms with van der Waals surface area (Å²) in [6.07, 6.45) is 3.86. The quantitative estimate of drug-likeness (QED) is 0.823. The van der Waals surface area contributed by atoms with E-state index in [-0.39, 0.29) is 5.91 Å². The second kappa shape index (κ2) is 5.41. The van der Waals surface area contributed by atoms with E-state index in [2.05, 4.69) is 0 Å². The highest BCUT2D eigenvalue weighted by Gasteiger charge is 2.17. The average Bonchev–Trinajstić information content (AvgIpc) is 2.51. The normalized spacial score (nSPS) is 17.0. The Hall–Kier alpha value is -1.22. The summed E-state index contributed by atoms with van der Waals surface area (Å²) in [7, 11) is 0. The van der Waals surface area contributed by atoms with Crippen LogP contribution in [-0.4, -0.2) is 17.4 Å². The third kappa shape index (κ3) is 2.91. The van der Waals surface area contributed by atoms with E-state index in [4.69, 9.17) is 17.3 Å². The number of carbonyl (C=O) groups is 1. The van der Waals surface area contributed by atoms with E-state index in [1.165, 1.54) is 0 Å². The Morgan fingerprint density at radius 2 is 2.12 bits per heavy atom. The fourth-order valence-electron chi connectivity index (χ4n) is 2.13. The first-order valence-corrected chi connectivity index (χ1v) is 6.37. The fraction of sp³-hybridized carbons (Fsp3) is 0.462. The summed E-state index contributed by atoms with van der Waals surface area (Å²) in [5, 5.41) is 0.574. The molecule has 1 amide bonds. The van der Waals surface area contributed by atoms with Crippen LogP contribution in [0.25, 0.3) is 0 Å². The number of rotatable bonds is 2. The van der Waals surface area contributed by atoms with Gasteiger partial charge in [0.25, 0.3) is 0 Å².